The lowest BCUT2D eigenvalue weighted by Gasteiger charge is -2.18. The second-order valence-corrected chi connectivity index (χ2v) is 6.95. The van der Waals surface area contributed by atoms with Gasteiger partial charge in [0.25, 0.3) is 5.91 Å². The summed E-state index contributed by atoms with van der Waals surface area (Å²) < 4.78 is 5.73. The lowest BCUT2D eigenvalue weighted by molar-refractivity contribution is -0.255. The van der Waals surface area contributed by atoms with Crippen molar-refractivity contribution in [1.29, 1.82) is 0 Å². The maximum absolute atomic E-state index is 13.1. The molecule has 1 aliphatic heterocycles. The molecule has 142 valence electrons. The number of halogens is 1. The highest BCUT2D eigenvalue weighted by Gasteiger charge is 2.37. The summed E-state index contributed by atoms with van der Waals surface area (Å²) in [6, 6.07) is 13.0. The van der Waals surface area contributed by atoms with E-state index >= 15 is 0 Å². The van der Waals surface area contributed by atoms with Crippen LogP contribution in [0, 0.1) is 0 Å². The number of esters is 1. The van der Waals surface area contributed by atoms with Gasteiger partial charge >= 0.3 is 5.97 Å². The van der Waals surface area contributed by atoms with E-state index in [-0.39, 0.29) is 22.6 Å². The van der Waals surface area contributed by atoms with E-state index in [9.17, 15) is 19.5 Å². The van der Waals surface area contributed by atoms with Crippen molar-refractivity contribution < 1.29 is 24.2 Å². The molecule has 6 nitrogen and oxygen atoms in total. The van der Waals surface area contributed by atoms with Gasteiger partial charge in [0.05, 0.1) is 24.2 Å². The van der Waals surface area contributed by atoms with Gasteiger partial charge in [-0.2, -0.15) is 0 Å². The van der Waals surface area contributed by atoms with Gasteiger partial charge in [-0.05, 0) is 48.4 Å². The van der Waals surface area contributed by atoms with Gasteiger partial charge in [-0.25, -0.2) is 4.79 Å². The quantitative estimate of drug-likeness (QED) is 0.538. The van der Waals surface area contributed by atoms with Crippen LogP contribution in [-0.2, 0) is 14.3 Å². The first-order valence-electron chi connectivity index (χ1n) is 8.26. The van der Waals surface area contributed by atoms with E-state index in [0.717, 1.165) is 4.47 Å². The second-order valence-electron chi connectivity index (χ2n) is 6.04. The summed E-state index contributed by atoms with van der Waals surface area (Å²) in [6.07, 6.45) is 1.54. The topological polar surface area (TPSA) is 86.7 Å². The van der Waals surface area contributed by atoms with Gasteiger partial charge in [0.15, 0.2) is 0 Å². The van der Waals surface area contributed by atoms with Crippen molar-refractivity contribution >= 4 is 45.5 Å². The zero-order valence-electron chi connectivity index (χ0n) is 15.1. The molecular weight excluding hydrogens is 426 g/mol. The third-order valence-corrected chi connectivity index (χ3v) is 4.86. The zero-order chi connectivity index (χ0) is 20.4. The van der Waals surface area contributed by atoms with Crippen LogP contribution in [-0.4, -0.2) is 25.0 Å². The lowest BCUT2D eigenvalue weighted by Crippen LogP contribution is -2.24. The first-order valence-corrected chi connectivity index (χ1v) is 9.05. The number of hydrogen-bond acceptors (Lipinski definition) is 5. The maximum Gasteiger partial charge on any atom is 0.340 e. The third-order valence-electron chi connectivity index (χ3n) is 4.33. The summed E-state index contributed by atoms with van der Waals surface area (Å²) in [5, 5.41) is 10.9. The molecule has 0 N–H and O–H groups in total. The lowest BCUT2D eigenvalue weighted by atomic mass is 10.0. The van der Waals surface area contributed by atoms with Gasteiger partial charge in [0.1, 0.15) is 0 Å². The number of methoxy groups -OCH3 is 1. The summed E-state index contributed by atoms with van der Waals surface area (Å²) in [5.41, 5.74) is 2.00. The standard InChI is InChI=1S/C21H16BrNO5/c1-12-18(21(27)28-2)17(11-13-3-5-14(6-4-13)20(25)26)19(24)23(12)16-9-7-15(22)8-10-16/h3-11H,1-2H3,(H,25,26)/p-1/b17-11-. The van der Waals surface area contributed by atoms with Crippen molar-refractivity contribution in [1.82, 2.24) is 0 Å². The molecule has 0 unspecified atom stereocenters. The number of carbonyl (C=O) groups is 3. The van der Waals surface area contributed by atoms with E-state index in [1.807, 2.05) is 0 Å². The molecule has 0 fully saturated rings. The summed E-state index contributed by atoms with van der Waals surface area (Å²) >= 11 is 3.36. The van der Waals surface area contributed by atoms with Crippen LogP contribution in [0.1, 0.15) is 22.8 Å². The predicted molar refractivity (Wildman–Crippen MR) is 105 cm³/mol. The molecule has 0 saturated carbocycles. The molecule has 3 rings (SSSR count). The fourth-order valence-electron chi connectivity index (χ4n) is 2.96. The third kappa shape index (κ3) is 3.61. The van der Waals surface area contributed by atoms with Crippen LogP contribution in [0.25, 0.3) is 6.08 Å². The number of allylic oxidation sites excluding steroid dienone is 1. The van der Waals surface area contributed by atoms with Crippen molar-refractivity contribution in [2.24, 2.45) is 0 Å². The Bertz CT molecular complexity index is 1020. The van der Waals surface area contributed by atoms with E-state index in [2.05, 4.69) is 15.9 Å². The predicted octanol–water partition coefficient (Wildman–Crippen LogP) is 2.69. The Labute approximate surface area is 169 Å². The average molecular weight is 441 g/mol. The first-order chi connectivity index (χ1) is 13.3. The summed E-state index contributed by atoms with van der Waals surface area (Å²) in [5.74, 6) is -2.28. The smallest absolute Gasteiger partial charge is 0.340 e. The number of carboxylic acid groups (broad SMARTS) is 1. The van der Waals surface area contributed by atoms with Crippen molar-refractivity contribution in [3.8, 4) is 0 Å². The van der Waals surface area contributed by atoms with Crippen LogP contribution < -0.4 is 10.0 Å². The molecule has 1 heterocycles. The fourth-order valence-corrected chi connectivity index (χ4v) is 3.23. The van der Waals surface area contributed by atoms with Crippen molar-refractivity contribution in [3.05, 3.63) is 81.0 Å². The molecule has 1 aliphatic rings. The summed E-state index contributed by atoms with van der Waals surface area (Å²) in [4.78, 5) is 37.8. The highest BCUT2D eigenvalue weighted by atomic mass is 79.9. The normalized spacial score (nSPS) is 15.3. The number of benzene rings is 2. The minimum Gasteiger partial charge on any atom is -0.545 e. The minimum atomic E-state index is -1.29. The Morgan fingerprint density at radius 1 is 1.07 bits per heavy atom. The van der Waals surface area contributed by atoms with Gasteiger partial charge in [-0.3, -0.25) is 9.69 Å². The highest BCUT2D eigenvalue weighted by Crippen LogP contribution is 2.35. The maximum atomic E-state index is 13.1. The average Bonchev–Trinajstić information content (AvgIpc) is 2.92. The van der Waals surface area contributed by atoms with Crippen LogP contribution in [0.15, 0.2) is 69.8 Å². The largest absolute Gasteiger partial charge is 0.545 e. The van der Waals surface area contributed by atoms with Crippen molar-refractivity contribution in [3.63, 3.8) is 0 Å². The Morgan fingerprint density at radius 3 is 2.21 bits per heavy atom. The van der Waals surface area contributed by atoms with E-state index in [1.165, 1.54) is 42.4 Å². The minimum absolute atomic E-state index is 0.0244. The number of hydrogen-bond donors (Lipinski definition) is 0. The Kier molecular flexibility index (Phi) is 5.46. The Hall–Kier alpha value is -3.19. The Morgan fingerprint density at radius 2 is 1.68 bits per heavy atom. The number of ether oxygens (including phenoxy) is 1. The van der Waals surface area contributed by atoms with Gasteiger partial charge < -0.3 is 14.6 Å². The van der Waals surface area contributed by atoms with Crippen LogP contribution >= 0.6 is 15.9 Å². The number of anilines is 1. The molecule has 1 amide bonds. The van der Waals surface area contributed by atoms with Gasteiger partial charge in [-0.15, -0.1) is 0 Å². The molecular formula is C21H15BrNO5-. The van der Waals surface area contributed by atoms with E-state index in [4.69, 9.17) is 4.74 Å². The van der Waals surface area contributed by atoms with Crippen LogP contribution in [0.3, 0.4) is 0 Å². The van der Waals surface area contributed by atoms with E-state index in [1.54, 1.807) is 31.2 Å². The van der Waals surface area contributed by atoms with Crippen LogP contribution in [0.4, 0.5) is 5.69 Å². The molecule has 0 saturated heterocycles. The van der Waals surface area contributed by atoms with Gasteiger partial charge in [0.2, 0.25) is 0 Å². The molecule has 28 heavy (non-hydrogen) atoms. The molecule has 0 aliphatic carbocycles. The fraction of sp³-hybridized carbons (Fsp3) is 0.0952. The highest BCUT2D eigenvalue weighted by molar-refractivity contribution is 9.10. The Balaban J connectivity index is 2.08. The number of nitrogens with zero attached hydrogens (tertiary/aromatic N) is 1. The SMILES string of the molecule is COC(=O)C1=C(C)N(c2ccc(Br)cc2)C(=O)/C1=C\c1ccc(C(=O)[O-])cc1. The molecule has 0 spiro atoms. The van der Waals surface area contributed by atoms with E-state index < -0.39 is 11.9 Å². The summed E-state index contributed by atoms with van der Waals surface area (Å²) in [7, 11) is 1.25. The second kappa shape index (κ2) is 7.82. The monoisotopic (exact) mass is 440 g/mol. The molecule has 2 aromatic rings. The number of aromatic carboxylic acids is 1. The molecule has 0 radical (unpaired) electrons. The molecule has 0 aromatic heterocycles. The van der Waals surface area contributed by atoms with Gasteiger partial charge in [-0.1, -0.05) is 40.2 Å². The van der Waals surface area contributed by atoms with Crippen LogP contribution in [0.5, 0.6) is 0 Å². The first kappa shape index (κ1) is 19.6. The number of carboxylic acids is 1. The van der Waals surface area contributed by atoms with Crippen LogP contribution in [0.2, 0.25) is 0 Å². The molecule has 2 aromatic carbocycles. The number of amides is 1. The summed E-state index contributed by atoms with van der Waals surface area (Å²) in [6.45, 7) is 1.67. The number of rotatable bonds is 4. The zero-order valence-corrected chi connectivity index (χ0v) is 16.6. The molecule has 0 atom stereocenters. The van der Waals surface area contributed by atoms with Crippen molar-refractivity contribution in [2.45, 2.75) is 6.92 Å². The van der Waals surface area contributed by atoms with Gasteiger partial charge in [0, 0.05) is 15.9 Å². The number of carbonyl (C=O) groups excluding carboxylic acids is 3. The molecule has 0 bridgehead atoms. The van der Waals surface area contributed by atoms with E-state index in [0.29, 0.717) is 16.9 Å². The van der Waals surface area contributed by atoms with Crippen molar-refractivity contribution in [2.75, 3.05) is 12.0 Å². The molecule has 7 heteroatoms.